The average molecular weight is 624 g/mol. The van der Waals surface area contributed by atoms with E-state index in [1.807, 2.05) is 12.1 Å². The fraction of sp³-hybridized carbons (Fsp3) is 0.600. The number of sulfonamides is 1. The van der Waals surface area contributed by atoms with Crippen LogP contribution in [0.3, 0.4) is 0 Å². The van der Waals surface area contributed by atoms with Crippen molar-refractivity contribution < 1.29 is 22.4 Å². The van der Waals surface area contributed by atoms with Crippen molar-refractivity contribution in [2.45, 2.75) is 102 Å². The van der Waals surface area contributed by atoms with Crippen LogP contribution in [0, 0.1) is 23.6 Å². The molecule has 0 radical (unpaired) electrons. The van der Waals surface area contributed by atoms with E-state index in [9.17, 15) is 22.4 Å². The van der Waals surface area contributed by atoms with Crippen LogP contribution in [-0.2, 0) is 31.6 Å². The third-order valence-electron chi connectivity index (χ3n) is 10.9. The van der Waals surface area contributed by atoms with E-state index in [1.165, 1.54) is 55.1 Å². The Morgan fingerprint density at radius 3 is 2.09 bits per heavy atom. The molecule has 0 saturated heterocycles. The van der Waals surface area contributed by atoms with Gasteiger partial charge in [0, 0.05) is 18.2 Å². The number of amides is 2. The second kappa shape index (κ2) is 12.5. The summed E-state index contributed by atoms with van der Waals surface area (Å²) in [5.41, 5.74) is 2.13. The Labute approximate surface area is 261 Å². The van der Waals surface area contributed by atoms with Gasteiger partial charge in [-0.15, -0.1) is 0 Å². The highest BCUT2D eigenvalue weighted by Crippen LogP contribution is 2.60. The maximum Gasteiger partial charge on any atom is 0.244 e. The van der Waals surface area contributed by atoms with E-state index in [2.05, 4.69) is 17.4 Å². The Balaban J connectivity index is 1.23. The molecule has 0 aliphatic heterocycles. The Hall–Kier alpha value is -2.94. The molecule has 7 rings (SSSR count). The molecule has 5 fully saturated rings. The summed E-state index contributed by atoms with van der Waals surface area (Å²) in [6.07, 6.45) is 13.8. The van der Waals surface area contributed by atoms with Crippen molar-refractivity contribution in [1.29, 1.82) is 0 Å². The highest BCUT2D eigenvalue weighted by Gasteiger charge is 2.51. The van der Waals surface area contributed by atoms with Gasteiger partial charge in [0.2, 0.25) is 21.8 Å². The first-order valence-electron chi connectivity index (χ1n) is 16.4. The lowest BCUT2D eigenvalue weighted by molar-refractivity contribution is -0.139. The van der Waals surface area contributed by atoms with Gasteiger partial charge in [-0.1, -0.05) is 49.6 Å². The second-order valence-electron chi connectivity index (χ2n) is 14.1. The number of rotatable bonds is 10. The molecule has 7 nitrogen and oxygen atoms in total. The lowest BCUT2D eigenvalue weighted by atomic mass is 9.48. The molecule has 238 valence electrons. The van der Waals surface area contributed by atoms with Crippen LogP contribution < -0.4 is 9.62 Å². The van der Waals surface area contributed by atoms with Gasteiger partial charge in [0.25, 0.3) is 0 Å². The molecule has 4 bridgehead atoms. The number of benzene rings is 2. The molecule has 2 aromatic carbocycles. The number of hydrogen-bond donors (Lipinski definition) is 1. The van der Waals surface area contributed by atoms with Gasteiger partial charge in [-0.05, 0) is 105 Å². The fourth-order valence-electron chi connectivity index (χ4n) is 9.02. The van der Waals surface area contributed by atoms with Crippen LogP contribution in [0.4, 0.5) is 10.1 Å². The van der Waals surface area contributed by atoms with Crippen LogP contribution >= 0.6 is 0 Å². The first-order valence-corrected chi connectivity index (χ1v) is 18.3. The minimum atomic E-state index is -3.84. The van der Waals surface area contributed by atoms with Crippen LogP contribution in [0.25, 0.3) is 0 Å². The smallest absolute Gasteiger partial charge is 0.244 e. The zero-order chi connectivity index (χ0) is 31.1. The molecular formula is C35H46FN3O4S. The van der Waals surface area contributed by atoms with E-state index in [-0.39, 0.29) is 29.5 Å². The molecule has 5 saturated carbocycles. The van der Waals surface area contributed by atoms with Crippen LogP contribution in [0.1, 0.15) is 88.7 Å². The number of hydrogen-bond acceptors (Lipinski definition) is 4. The van der Waals surface area contributed by atoms with Gasteiger partial charge >= 0.3 is 0 Å². The molecule has 1 N–H and O–H groups in total. The fourth-order valence-corrected chi connectivity index (χ4v) is 9.87. The summed E-state index contributed by atoms with van der Waals surface area (Å²) in [6, 6.07) is 13.0. The second-order valence-corrected chi connectivity index (χ2v) is 16.1. The van der Waals surface area contributed by atoms with Gasteiger partial charge in [-0.3, -0.25) is 13.9 Å². The molecule has 44 heavy (non-hydrogen) atoms. The predicted octanol–water partition coefficient (Wildman–Crippen LogP) is 5.93. The van der Waals surface area contributed by atoms with Crippen LogP contribution in [0.2, 0.25) is 0 Å². The highest BCUT2D eigenvalue weighted by atomic mass is 32.2. The molecule has 2 aromatic rings. The first kappa shape index (κ1) is 31.1. The standard InChI is InChI=1S/C35H46FN3O4S/c1-24(34(41)37-30-9-4-3-5-10-30)38(22-28-8-6-7-11-32(28)36)33(40)23-39(44(2,42)43)31-14-12-29(13-15-31)35-19-25-16-26(20-35)18-27(17-25)21-35/h6-8,11-15,24-27,30H,3-5,9-10,16-23H2,1-2H3,(H,37,41)/t24-,25?,26?,27?,35?/m1/s1. The Kier molecular flexibility index (Phi) is 8.79. The van der Waals surface area contributed by atoms with E-state index in [1.54, 1.807) is 25.1 Å². The minimum Gasteiger partial charge on any atom is -0.352 e. The summed E-state index contributed by atoms with van der Waals surface area (Å²) in [4.78, 5) is 28.6. The van der Waals surface area contributed by atoms with Gasteiger partial charge in [0.1, 0.15) is 18.4 Å². The van der Waals surface area contributed by atoms with Crippen LogP contribution in [-0.4, -0.2) is 50.0 Å². The summed E-state index contributed by atoms with van der Waals surface area (Å²) in [5.74, 6) is 1.03. The summed E-state index contributed by atoms with van der Waals surface area (Å²) in [5, 5.41) is 3.07. The van der Waals surface area contributed by atoms with Gasteiger partial charge in [-0.25, -0.2) is 12.8 Å². The minimum absolute atomic E-state index is 0.0455. The highest BCUT2D eigenvalue weighted by molar-refractivity contribution is 7.92. The van der Waals surface area contributed by atoms with Gasteiger partial charge in [0.05, 0.1) is 11.9 Å². The third kappa shape index (κ3) is 6.53. The average Bonchev–Trinajstić information content (AvgIpc) is 2.98. The van der Waals surface area contributed by atoms with Gasteiger partial charge < -0.3 is 10.2 Å². The molecule has 5 aliphatic rings. The van der Waals surface area contributed by atoms with Crippen molar-refractivity contribution in [2.24, 2.45) is 17.8 Å². The SMILES string of the molecule is C[C@H](C(=O)NC1CCCCC1)N(Cc1ccccc1F)C(=O)CN(c1ccc(C23CC4CC(CC(C4)C2)C3)cc1)S(C)(=O)=O. The molecular weight excluding hydrogens is 577 g/mol. The molecule has 0 heterocycles. The number of nitrogens with one attached hydrogen (secondary N) is 1. The summed E-state index contributed by atoms with van der Waals surface area (Å²) in [7, 11) is -3.84. The van der Waals surface area contributed by atoms with E-state index < -0.39 is 34.3 Å². The van der Waals surface area contributed by atoms with E-state index in [0.29, 0.717) is 5.69 Å². The predicted molar refractivity (Wildman–Crippen MR) is 170 cm³/mol. The lowest BCUT2D eigenvalue weighted by Gasteiger charge is -2.57. The van der Waals surface area contributed by atoms with Crippen molar-refractivity contribution in [1.82, 2.24) is 10.2 Å². The van der Waals surface area contributed by atoms with Crippen LogP contribution in [0.15, 0.2) is 48.5 Å². The molecule has 0 aromatic heterocycles. The number of anilines is 1. The molecule has 9 heteroatoms. The maximum absolute atomic E-state index is 14.7. The maximum atomic E-state index is 14.7. The van der Waals surface area contributed by atoms with Crippen molar-refractivity contribution in [3.63, 3.8) is 0 Å². The first-order chi connectivity index (χ1) is 21.0. The summed E-state index contributed by atoms with van der Waals surface area (Å²) in [6.45, 7) is 1.00. The topological polar surface area (TPSA) is 86.8 Å². The van der Waals surface area contributed by atoms with E-state index in [0.717, 1.165) is 60.4 Å². The zero-order valence-electron chi connectivity index (χ0n) is 26.0. The van der Waals surface area contributed by atoms with E-state index >= 15 is 0 Å². The largest absolute Gasteiger partial charge is 0.352 e. The molecule has 1 atom stereocenters. The Morgan fingerprint density at radius 2 is 1.52 bits per heavy atom. The zero-order valence-corrected chi connectivity index (χ0v) is 26.8. The lowest BCUT2D eigenvalue weighted by Crippen LogP contribution is -2.53. The Bertz CT molecular complexity index is 1440. The van der Waals surface area contributed by atoms with Crippen LogP contribution in [0.5, 0.6) is 0 Å². The van der Waals surface area contributed by atoms with Gasteiger partial charge in [-0.2, -0.15) is 0 Å². The van der Waals surface area contributed by atoms with Crippen molar-refractivity contribution >= 4 is 27.5 Å². The molecule has 5 aliphatic carbocycles. The summed E-state index contributed by atoms with van der Waals surface area (Å²) >= 11 is 0. The summed E-state index contributed by atoms with van der Waals surface area (Å²) < 4.78 is 42.0. The quantitative estimate of drug-likeness (QED) is 0.356. The van der Waals surface area contributed by atoms with Crippen molar-refractivity contribution in [3.8, 4) is 0 Å². The number of carbonyl (C=O) groups is 2. The van der Waals surface area contributed by atoms with Gasteiger partial charge in [0.15, 0.2) is 0 Å². The number of nitrogens with zero attached hydrogens (tertiary/aromatic N) is 2. The number of halogens is 1. The monoisotopic (exact) mass is 623 g/mol. The molecule has 0 unspecified atom stereocenters. The Morgan fingerprint density at radius 1 is 0.932 bits per heavy atom. The third-order valence-corrected chi connectivity index (χ3v) is 12.0. The van der Waals surface area contributed by atoms with Crippen molar-refractivity contribution in [3.05, 3.63) is 65.5 Å². The molecule has 2 amide bonds. The normalized spacial score (nSPS) is 27.1. The van der Waals surface area contributed by atoms with E-state index in [4.69, 9.17) is 0 Å². The van der Waals surface area contributed by atoms with Crippen molar-refractivity contribution in [2.75, 3.05) is 17.1 Å². The number of carbonyl (C=O) groups excluding carboxylic acids is 2. The molecule has 0 spiro atoms.